The number of aryl methyl sites for hydroxylation is 2. The molecule has 0 radical (unpaired) electrons. The van der Waals surface area contributed by atoms with E-state index in [1.165, 1.54) is 93.6 Å². The summed E-state index contributed by atoms with van der Waals surface area (Å²) in [5, 5.41) is 14.5. The first-order chi connectivity index (χ1) is 46.8. The number of hydrogen-bond donors (Lipinski definition) is 6. The molecular formula is C66H55ClN9Na5O19S5. The van der Waals surface area contributed by atoms with Crippen molar-refractivity contribution in [2.45, 2.75) is 96.9 Å². The van der Waals surface area contributed by atoms with Crippen molar-refractivity contribution >= 4 is 137 Å². The number of ketones is 4. The summed E-state index contributed by atoms with van der Waals surface area (Å²) in [7, 11) is -24.6. The maximum Gasteiger partial charge on any atom is 1.00 e. The first-order valence-electron chi connectivity index (χ1n) is 29.8. The molecule has 1 aromatic heterocycles. The first-order valence-corrected chi connectivity index (χ1v) is 37.2. The molecule has 105 heavy (non-hydrogen) atoms. The molecule has 0 bridgehead atoms. The molecule has 0 saturated heterocycles. The van der Waals surface area contributed by atoms with Crippen LogP contribution in [0.25, 0.3) is 0 Å². The smallest absolute Gasteiger partial charge is 0.744 e. The minimum absolute atomic E-state index is 0. The second kappa shape index (κ2) is 36.3. The zero-order valence-electron chi connectivity index (χ0n) is 57.9. The molecule has 39 heteroatoms. The summed E-state index contributed by atoms with van der Waals surface area (Å²) in [6, 6.07) is 32.7. The quantitative estimate of drug-likeness (QED) is 0.0221. The van der Waals surface area contributed by atoms with E-state index in [1.807, 2.05) is 13.8 Å². The molecule has 1 heterocycles. The third-order valence-electron chi connectivity index (χ3n) is 16.4. The number of carbonyl (C=O) groups excluding carboxylic acids is 4. The van der Waals surface area contributed by atoms with E-state index in [9.17, 15) is 84.0 Å². The van der Waals surface area contributed by atoms with E-state index in [4.69, 9.17) is 17.3 Å². The maximum atomic E-state index is 13.9. The predicted molar refractivity (Wildman–Crippen MR) is 361 cm³/mol. The van der Waals surface area contributed by atoms with Gasteiger partial charge in [-0.05, 0) is 160 Å². The molecule has 2 atom stereocenters. The number of hydrogen-bond acceptors (Lipinski definition) is 28. The summed E-state index contributed by atoms with van der Waals surface area (Å²) >= 11 is 6.14. The Kier molecular flexibility index (Phi) is 31.3. The van der Waals surface area contributed by atoms with Crippen molar-refractivity contribution in [1.82, 2.24) is 15.0 Å². The second-order valence-corrected chi connectivity index (χ2v) is 30.4. The number of nitrogens with zero attached hydrogens (tertiary/aromatic N) is 3. The van der Waals surface area contributed by atoms with E-state index in [-0.39, 0.29) is 249 Å². The second-order valence-electron chi connectivity index (χ2n) is 23.2. The number of rotatable bonds is 21. The summed E-state index contributed by atoms with van der Waals surface area (Å²) in [5.41, 5.74) is 6.76. The largest absolute Gasteiger partial charge is 1.00 e. The van der Waals surface area contributed by atoms with Crippen molar-refractivity contribution < 1.29 is 232 Å². The van der Waals surface area contributed by atoms with Crippen LogP contribution in [-0.4, -0.2) is 115 Å². The van der Waals surface area contributed by atoms with Gasteiger partial charge in [-0.2, -0.15) is 15.0 Å². The van der Waals surface area contributed by atoms with Gasteiger partial charge in [-0.1, -0.05) is 78.9 Å². The minimum Gasteiger partial charge on any atom is -0.744 e. The molecular weight excluding hydrogens is 1530 g/mol. The van der Waals surface area contributed by atoms with Gasteiger partial charge in [0.05, 0.1) is 63.8 Å². The number of nitrogens with two attached hydrogens (primary N) is 1. The van der Waals surface area contributed by atoms with Gasteiger partial charge in [0.25, 0.3) is 0 Å². The number of nitrogen functional groups attached to an aromatic ring is 1. The van der Waals surface area contributed by atoms with Crippen LogP contribution in [0.3, 0.4) is 0 Å². The van der Waals surface area contributed by atoms with Gasteiger partial charge in [0.1, 0.15) is 50.6 Å². The Balaban J connectivity index is 0.000000364. The molecule has 11 rings (SSSR count). The van der Waals surface area contributed by atoms with Gasteiger partial charge in [-0.3, -0.25) is 19.2 Å². The van der Waals surface area contributed by atoms with Crippen LogP contribution in [0.4, 0.5) is 51.7 Å². The number of benzene rings is 8. The fraction of sp³-hybridized carbons (Fsp3) is 0.167. The van der Waals surface area contributed by atoms with Crippen LogP contribution in [0.2, 0.25) is 5.28 Å². The first kappa shape index (κ1) is 90.7. The van der Waals surface area contributed by atoms with Crippen molar-refractivity contribution in [2.75, 3.05) is 32.3 Å². The van der Waals surface area contributed by atoms with E-state index in [1.54, 1.807) is 48.5 Å². The zero-order valence-corrected chi connectivity index (χ0v) is 72.7. The summed E-state index contributed by atoms with van der Waals surface area (Å²) in [6.45, 7) is 7.81. The number of nitrogens with one attached hydrogen (secondary N) is 5. The Morgan fingerprint density at radius 1 is 0.419 bits per heavy atom. The number of aromatic nitrogens is 3. The van der Waals surface area contributed by atoms with Crippen LogP contribution in [-0.2, 0) is 63.4 Å². The average molecular weight is 1590 g/mol. The van der Waals surface area contributed by atoms with E-state index >= 15 is 0 Å². The zero-order chi connectivity index (χ0) is 72.9. The molecule has 0 spiro atoms. The van der Waals surface area contributed by atoms with E-state index in [0.29, 0.717) is 59.3 Å². The Hall–Kier alpha value is -4.91. The normalized spacial score (nSPS) is 12.9. The minimum atomic E-state index is -5.37. The third kappa shape index (κ3) is 20.8. The summed E-state index contributed by atoms with van der Waals surface area (Å²) < 4.78 is 178. The Labute approximate surface area is 720 Å². The van der Waals surface area contributed by atoms with E-state index in [2.05, 4.69) is 41.5 Å². The Bertz CT molecular complexity index is 5430. The standard InChI is InChI=1S/C34H34N2O8S2.C32H26ClN7O11S3.5Na/c1-21(13-15-23-7-5-9-25(19-23)45(39,40)41)35-29-17-18-30(32-31(29)33(37)27-11-3-4-12-28(27)34(32)38)36-22(2)14-16-24-8-6-10-26(20-24)46(42,43)44;1-13-25(36-20-12-21(53(46,47)48)24(34)23-22(20)27(41)18-9-4-5-10-19(18)28(23)42)14(2)29(54(49,50)51)15(3)26(13)37-32-39-30(33)38-31(40-32)35-16-7-6-8-17(11-16)52(43,44)45;;;;;/h3-12,17-22,35-36H,13-16H2,1-2H3,(H,39,40,41)(H,42,43,44);4-12,36H,34H2,1-3H3,(H,43,44,45)(H,46,47,48)(H,49,50,51)(H2,35,37,38,39,40);;;;;/q;;5*+1/p-5. The molecule has 0 amide bonds. The molecule has 0 fully saturated rings. The van der Waals surface area contributed by atoms with Gasteiger partial charge in [0, 0.05) is 57.1 Å². The predicted octanol–water partition coefficient (Wildman–Crippen LogP) is -6.09. The number of fused-ring (bicyclic) bond motifs is 4. The number of carbonyl (C=O) groups is 4. The molecule has 520 valence electrons. The SMILES string of the molecule is CC(CCc1cccc(S(=O)(=O)[O-])c1)Nc1ccc(NC(C)CCc2cccc(S(=O)(=O)[O-])c2)c2c1C(=O)c1ccccc1C2=O.Cc1c(Nc2nc(Cl)nc(Nc3cccc(S(=O)(=O)[O-])c3)n2)c(C)c(S(=O)(=O)[O-])c(C)c1Nc1cc(S(=O)(=O)[O-])c(N)c2c1C(=O)c1ccccc1C2=O.[Na+].[Na+].[Na+].[Na+].[Na+]. The summed E-state index contributed by atoms with van der Waals surface area (Å²) in [6.07, 6.45) is 2.02. The number of anilines is 9. The molecule has 7 N–H and O–H groups in total. The van der Waals surface area contributed by atoms with Gasteiger partial charge in [-0.25, -0.2) is 42.1 Å². The maximum absolute atomic E-state index is 13.9. The molecule has 2 aliphatic carbocycles. The van der Waals surface area contributed by atoms with Gasteiger partial charge in [0.2, 0.25) is 17.2 Å². The summed E-state index contributed by atoms with van der Waals surface area (Å²) in [5.74, 6) is -2.81. The summed E-state index contributed by atoms with van der Waals surface area (Å²) in [4.78, 5) is 64.4. The van der Waals surface area contributed by atoms with Crippen LogP contribution in [0.5, 0.6) is 0 Å². The fourth-order valence-electron chi connectivity index (χ4n) is 11.7. The van der Waals surface area contributed by atoms with Crippen LogP contribution in [0.15, 0.2) is 164 Å². The number of halogens is 1. The van der Waals surface area contributed by atoms with Crippen molar-refractivity contribution in [1.29, 1.82) is 0 Å². The van der Waals surface area contributed by atoms with E-state index in [0.717, 1.165) is 18.2 Å². The van der Waals surface area contributed by atoms with Crippen molar-refractivity contribution in [3.8, 4) is 0 Å². The van der Waals surface area contributed by atoms with Crippen LogP contribution in [0, 0.1) is 20.8 Å². The average Bonchev–Trinajstić information content (AvgIpc) is 0.714. The van der Waals surface area contributed by atoms with Gasteiger partial charge >= 0.3 is 148 Å². The Morgan fingerprint density at radius 3 is 1.19 bits per heavy atom. The fourth-order valence-corrected chi connectivity index (χ4v) is 15.1. The molecule has 0 aliphatic heterocycles. The monoisotopic (exact) mass is 1590 g/mol. The van der Waals surface area contributed by atoms with Crippen LogP contribution >= 0.6 is 11.6 Å². The Morgan fingerprint density at radius 2 is 0.790 bits per heavy atom. The molecule has 8 aromatic carbocycles. The topological polar surface area (TPSA) is 479 Å². The molecule has 0 saturated carbocycles. The van der Waals surface area contributed by atoms with Gasteiger partial charge < -0.3 is 55.1 Å². The molecule has 2 aliphatic rings. The molecule has 2 unspecified atom stereocenters. The third-order valence-corrected chi connectivity index (χ3v) is 21.0. The van der Waals surface area contributed by atoms with E-state index < -0.39 is 105 Å². The van der Waals surface area contributed by atoms with Gasteiger partial charge in [0.15, 0.2) is 23.1 Å². The van der Waals surface area contributed by atoms with Crippen molar-refractivity contribution in [3.05, 3.63) is 217 Å². The van der Waals surface area contributed by atoms with Gasteiger partial charge in [-0.15, -0.1) is 0 Å². The molecule has 9 aromatic rings. The van der Waals surface area contributed by atoms with Crippen molar-refractivity contribution in [3.63, 3.8) is 0 Å². The van der Waals surface area contributed by atoms with Crippen LogP contribution in [0.1, 0.15) is 118 Å². The molecule has 28 nitrogen and oxygen atoms in total. The van der Waals surface area contributed by atoms with Crippen molar-refractivity contribution in [2.24, 2.45) is 0 Å². The van der Waals surface area contributed by atoms with Crippen LogP contribution < -0.4 is 180 Å².